The van der Waals surface area contributed by atoms with Crippen LogP contribution in [0, 0.1) is 5.82 Å². The predicted molar refractivity (Wildman–Crippen MR) is 122 cm³/mol. The van der Waals surface area contributed by atoms with Crippen molar-refractivity contribution in [3.05, 3.63) is 53.2 Å². The van der Waals surface area contributed by atoms with Crippen molar-refractivity contribution < 1.29 is 41.1 Å². The van der Waals surface area contributed by atoms with Gasteiger partial charge in [0.25, 0.3) is 5.91 Å². The molecule has 0 unspecified atom stereocenters. The number of rotatable bonds is 8. The molecule has 9 nitrogen and oxygen atoms in total. The Labute approximate surface area is 212 Å². The van der Waals surface area contributed by atoms with Crippen molar-refractivity contribution in [3.63, 3.8) is 0 Å². The zero-order chi connectivity index (χ0) is 27.8. The Morgan fingerprint density at radius 1 is 1.24 bits per heavy atom. The summed E-state index contributed by atoms with van der Waals surface area (Å²) in [5.74, 6) is -4.80. The summed E-state index contributed by atoms with van der Waals surface area (Å²) in [6.07, 6.45) is -5.76. The number of aryl methyl sites for hydroxylation is 1. The molecule has 0 saturated carbocycles. The zero-order valence-electron chi connectivity index (χ0n) is 20.0. The standard InChI is InChI=1S/C24H22F5N5O4/c1-2-14-8-15-17(9-31-14)34(32-22(15)23(30)37)11-20(36)33-10-13(25)7-16(33)18(35)6-12-4-3-5-19(21(12)26)38-24(27,28)29/h3-5,8-9,13,16H,2,6-7,10-11H2,1H3,(H2,30,37)/t13-,16+/m1/s1. The molecule has 14 heteroatoms. The van der Waals surface area contributed by atoms with E-state index in [4.69, 9.17) is 5.73 Å². The van der Waals surface area contributed by atoms with Crippen LogP contribution in [0.15, 0.2) is 30.5 Å². The number of nitrogens with zero attached hydrogens (tertiary/aromatic N) is 4. The first-order valence-electron chi connectivity index (χ1n) is 11.5. The third-order valence-corrected chi connectivity index (χ3v) is 6.15. The lowest BCUT2D eigenvalue weighted by Crippen LogP contribution is -2.43. The monoisotopic (exact) mass is 539 g/mol. The molecule has 0 radical (unpaired) electrons. The molecule has 3 heterocycles. The topological polar surface area (TPSA) is 120 Å². The lowest BCUT2D eigenvalue weighted by Gasteiger charge is -2.23. The number of hydrogen-bond acceptors (Lipinski definition) is 6. The molecule has 2 N–H and O–H groups in total. The van der Waals surface area contributed by atoms with Crippen molar-refractivity contribution in [2.75, 3.05) is 6.54 Å². The number of benzene rings is 1. The van der Waals surface area contributed by atoms with E-state index < -0.39 is 72.8 Å². The second-order valence-corrected chi connectivity index (χ2v) is 8.73. The van der Waals surface area contributed by atoms with E-state index in [0.717, 1.165) is 23.1 Å². The number of primary amides is 1. The number of fused-ring (bicyclic) bond motifs is 1. The second-order valence-electron chi connectivity index (χ2n) is 8.73. The summed E-state index contributed by atoms with van der Waals surface area (Å²) >= 11 is 0. The Morgan fingerprint density at radius 2 is 1.97 bits per heavy atom. The summed E-state index contributed by atoms with van der Waals surface area (Å²) in [7, 11) is 0. The van der Waals surface area contributed by atoms with Crippen molar-refractivity contribution in [3.8, 4) is 5.75 Å². The number of ketones is 1. The number of Topliss-reactive ketones (excluding diaryl/α,β-unsaturated/α-hetero) is 1. The Balaban J connectivity index is 1.56. The minimum atomic E-state index is -5.14. The number of aromatic nitrogens is 3. The number of alkyl halides is 4. The number of amides is 2. The van der Waals surface area contributed by atoms with Crippen LogP contribution >= 0.6 is 0 Å². The minimum absolute atomic E-state index is 0.0845. The highest BCUT2D eigenvalue weighted by Crippen LogP contribution is 2.29. The summed E-state index contributed by atoms with van der Waals surface area (Å²) in [6, 6.07) is 3.27. The van der Waals surface area contributed by atoms with E-state index in [0.29, 0.717) is 23.0 Å². The fourth-order valence-corrected chi connectivity index (χ4v) is 4.40. The second kappa shape index (κ2) is 10.3. The number of likely N-dealkylation sites (tertiary alicyclic amines) is 1. The molecule has 3 aromatic rings. The third kappa shape index (κ3) is 5.58. The number of hydrogen-bond donors (Lipinski definition) is 1. The summed E-state index contributed by atoms with van der Waals surface area (Å²) in [5.41, 5.74) is 5.93. The molecule has 2 aromatic heterocycles. The number of pyridine rings is 1. The molecule has 0 aliphatic carbocycles. The minimum Gasteiger partial charge on any atom is -0.403 e. The van der Waals surface area contributed by atoms with Gasteiger partial charge in [-0.15, -0.1) is 13.2 Å². The summed E-state index contributed by atoms with van der Waals surface area (Å²) in [5, 5.41) is 4.48. The maximum Gasteiger partial charge on any atom is 0.573 e. The quantitative estimate of drug-likeness (QED) is 0.440. The van der Waals surface area contributed by atoms with E-state index in [1.165, 1.54) is 10.9 Å². The van der Waals surface area contributed by atoms with Gasteiger partial charge in [0, 0.05) is 23.9 Å². The van der Waals surface area contributed by atoms with Crippen LogP contribution in [-0.2, 0) is 29.0 Å². The van der Waals surface area contributed by atoms with Gasteiger partial charge in [0.05, 0.1) is 24.3 Å². The van der Waals surface area contributed by atoms with Crippen molar-refractivity contribution in [1.29, 1.82) is 0 Å². The first kappa shape index (κ1) is 26.9. The molecule has 2 atom stereocenters. The fourth-order valence-electron chi connectivity index (χ4n) is 4.40. The van der Waals surface area contributed by atoms with Crippen LogP contribution in [0.1, 0.15) is 35.1 Å². The van der Waals surface area contributed by atoms with Gasteiger partial charge in [-0.3, -0.25) is 24.0 Å². The highest BCUT2D eigenvalue weighted by atomic mass is 19.4. The lowest BCUT2D eigenvalue weighted by atomic mass is 10.0. The molecule has 1 aromatic carbocycles. The van der Waals surface area contributed by atoms with Gasteiger partial charge >= 0.3 is 6.36 Å². The van der Waals surface area contributed by atoms with Crippen LogP contribution < -0.4 is 10.5 Å². The number of halogens is 5. The molecule has 2 amide bonds. The van der Waals surface area contributed by atoms with Crippen molar-refractivity contribution in [2.24, 2.45) is 5.73 Å². The van der Waals surface area contributed by atoms with Gasteiger partial charge in [0.2, 0.25) is 5.91 Å². The van der Waals surface area contributed by atoms with Gasteiger partial charge in [-0.2, -0.15) is 5.10 Å². The summed E-state index contributed by atoms with van der Waals surface area (Å²) in [6.45, 7) is 0.960. The number of carbonyl (C=O) groups is 3. The summed E-state index contributed by atoms with van der Waals surface area (Å²) in [4.78, 5) is 43.2. The van der Waals surface area contributed by atoms with E-state index in [1.807, 2.05) is 6.92 Å². The zero-order valence-corrected chi connectivity index (χ0v) is 20.0. The van der Waals surface area contributed by atoms with Gasteiger partial charge in [-0.05, 0) is 24.1 Å². The van der Waals surface area contributed by atoms with E-state index in [9.17, 15) is 36.3 Å². The van der Waals surface area contributed by atoms with Gasteiger partial charge < -0.3 is 15.4 Å². The van der Waals surface area contributed by atoms with E-state index in [2.05, 4.69) is 14.8 Å². The number of carbonyl (C=O) groups excluding carboxylic acids is 3. The molecule has 38 heavy (non-hydrogen) atoms. The van der Waals surface area contributed by atoms with Crippen LogP contribution in [-0.4, -0.2) is 62.4 Å². The van der Waals surface area contributed by atoms with Crippen LogP contribution in [0.5, 0.6) is 5.75 Å². The van der Waals surface area contributed by atoms with Gasteiger partial charge in [-0.1, -0.05) is 19.1 Å². The molecule has 1 aliphatic rings. The van der Waals surface area contributed by atoms with Crippen LogP contribution in [0.4, 0.5) is 22.0 Å². The molecule has 4 rings (SSSR count). The lowest BCUT2D eigenvalue weighted by molar-refractivity contribution is -0.275. The van der Waals surface area contributed by atoms with Crippen molar-refractivity contribution in [2.45, 2.75) is 51.3 Å². The molecular formula is C24H22F5N5O4. The average Bonchev–Trinajstić information content (AvgIpc) is 3.41. The van der Waals surface area contributed by atoms with Gasteiger partial charge in [-0.25, -0.2) is 8.78 Å². The normalized spacial score (nSPS) is 17.7. The smallest absolute Gasteiger partial charge is 0.403 e. The molecule has 0 spiro atoms. The van der Waals surface area contributed by atoms with Crippen LogP contribution in [0.3, 0.4) is 0 Å². The van der Waals surface area contributed by atoms with Crippen molar-refractivity contribution >= 4 is 28.5 Å². The van der Waals surface area contributed by atoms with Gasteiger partial charge in [0.1, 0.15) is 12.7 Å². The van der Waals surface area contributed by atoms with E-state index >= 15 is 0 Å². The Bertz CT molecular complexity index is 1410. The van der Waals surface area contributed by atoms with E-state index in [1.54, 1.807) is 6.07 Å². The maximum atomic E-state index is 14.6. The van der Waals surface area contributed by atoms with E-state index in [-0.39, 0.29) is 12.1 Å². The average molecular weight is 539 g/mol. The molecule has 0 bridgehead atoms. The first-order chi connectivity index (χ1) is 17.9. The highest BCUT2D eigenvalue weighted by Gasteiger charge is 2.40. The SMILES string of the molecule is CCc1cc2c(C(N)=O)nn(CC(=O)N3C[C@H](F)C[C@H]3C(=O)Cc3cccc(OC(F)(F)F)c3F)c2cn1. The van der Waals surface area contributed by atoms with Crippen LogP contribution in [0.2, 0.25) is 0 Å². The maximum absolute atomic E-state index is 14.6. The largest absolute Gasteiger partial charge is 0.573 e. The molecule has 1 saturated heterocycles. The first-order valence-corrected chi connectivity index (χ1v) is 11.5. The van der Waals surface area contributed by atoms with Gasteiger partial charge in [0.15, 0.2) is 23.0 Å². The third-order valence-electron chi connectivity index (χ3n) is 6.15. The number of nitrogens with two attached hydrogens (primary N) is 1. The Morgan fingerprint density at radius 3 is 2.63 bits per heavy atom. The number of ether oxygens (including phenoxy) is 1. The molecule has 202 valence electrons. The predicted octanol–water partition coefficient (Wildman–Crippen LogP) is 2.88. The van der Waals surface area contributed by atoms with Crippen molar-refractivity contribution in [1.82, 2.24) is 19.7 Å². The summed E-state index contributed by atoms with van der Waals surface area (Å²) < 4.78 is 71.3. The molecule has 1 aliphatic heterocycles. The highest BCUT2D eigenvalue weighted by molar-refractivity contribution is 6.04. The molecule has 1 fully saturated rings. The van der Waals surface area contributed by atoms with Crippen LogP contribution in [0.25, 0.3) is 10.9 Å². The fraction of sp³-hybridized carbons (Fsp3) is 0.375. The Kier molecular flexibility index (Phi) is 7.33. The molecular weight excluding hydrogens is 517 g/mol. The Hall–Kier alpha value is -4.10.